The molecule has 0 radical (unpaired) electrons. The van der Waals surface area contributed by atoms with E-state index in [1.54, 1.807) is 12.3 Å². The molecule has 1 heterocycles. The number of nitrogens with zero attached hydrogens (tertiary/aromatic N) is 1. The zero-order chi connectivity index (χ0) is 9.26. The second-order valence-electron chi connectivity index (χ2n) is 3.57. The molecule has 1 aliphatic rings. The van der Waals surface area contributed by atoms with Gasteiger partial charge >= 0.3 is 0 Å². The minimum absolute atomic E-state index is 0.477. The van der Waals surface area contributed by atoms with E-state index < -0.39 is 0 Å². The molecular formula is C10H12N2O. The molecule has 3 heteroatoms. The molecule has 0 aliphatic heterocycles. The first-order valence-electron chi connectivity index (χ1n) is 4.49. The van der Waals surface area contributed by atoms with E-state index in [-0.39, 0.29) is 0 Å². The van der Waals surface area contributed by atoms with Crippen LogP contribution in [0.15, 0.2) is 12.3 Å². The minimum Gasteiger partial charge on any atom is -0.397 e. The summed E-state index contributed by atoms with van der Waals surface area (Å²) in [6, 6.07) is 1.79. The van der Waals surface area contributed by atoms with Crippen LogP contribution in [0.5, 0.6) is 0 Å². The van der Waals surface area contributed by atoms with Crippen molar-refractivity contribution >= 4 is 12.0 Å². The Balaban J connectivity index is 2.24. The summed E-state index contributed by atoms with van der Waals surface area (Å²) in [4.78, 5) is 14.4. The van der Waals surface area contributed by atoms with Gasteiger partial charge in [-0.3, -0.25) is 9.78 Å². The lowest BCUT2D eigenvalue weighted by Gasteiger charge is -2.03. The topological polar surface area (TPSA) is 56.0 Å². The summed E-state index contributed by atoms with van der Waals surface area (Å²) in [6.45, 7) is 0. The summed E-state index contributed by atoms with van der Waals surface area (Å²) in [5, 5.41) is 0. The third kappa shape index (κ3) is 1.86. The number of aldehydes is 1. The molecule has 2 N–H and O–H groups in total. The maximum Gasteiger partial charge on any atom is 0.168 e. The highest BCUT2D eigenvalue weighted by atomic mass is 16.1. The van der Waals surface area contributed by atoms with Crippen molar-refractivity contribution in [1.29, 1.82) is 0 Å². The number of carbonyl (C=O) groups is 1. The monoisotopic (exact) mass is 176 g/mol. The van der Waals surface area contributed by atoms with Gasteiger partial charge in [-0.05, 0) is 36.8 Å². The number of rotatable bonds is 3. The molecular weight excluding hydrogens is 164 g/mol. The molecule has 0 atom stereocenters. The van der Waals surface area contributed by atoms with Gasteiger partial charge in [-0.15, -0.1) is 0 Å². The van der Waals surface area contributed by atoms with Crippen LogP contribution < -0.4 is 5.73 Å². The summed E-state index contributed by atoms with van der Waals surface area (Å²) in [7, 11) is 0. The van der Waals surface area contributed by atoms with E-state index in [0.717, 1.165) is 24.2 Å². The highest BCUT2D eigenvalue weighted by Crippen LogP contribution is 2.33. The van der Waals surface area contributed by atoms with Crippen LogP contribution >= 0.6 is 0 Å². The van der Waals surface area contributed by atoms with Crippen LogP contribution in [0.2, 0.25) is 0 Å². The second kappa shape index (κ2) is 3.17. The molecule has 0 unspecified atom stereocenters. The van der Waals surface area contributed by atoms with Gasteiger partial charge in [0.05, 0.1) is 11.9 Å². The SMILES string of the molecule is Nc1cnc(C=O)cc1CC1CC1. The molecule has 1 saturated carbocycles. The molecule has 1 aromatic rings. The number of hydrogen-bond acceptors (Lipinski definition) is 3. The van der Waals surface area contributed by atoms with Gasteiger partial charge in [0, 0.05) is 0 Å². The zero-order valence-corrected chi connectivity index (χ0v) is 7.36. The number of carbonyl (C=O) groups excluding carboxylic acids is 1. The Labute approximate surface area is 77.0 Å². The van der Waals surface area contributed by atoms with Crippen LogP contribution in [-0.2, 0) is 6.42 Å². The lowest BCUT2D eigenvalue weighted by atomic mass is 10.1. The van der Waals surface area contributed by atoms with E-state index in [0.29, 0.717) is 11.4 Å². The number of hydrogen-bond donors (Lipinski definition) is 1. The van der Waals surface area contributed by atoms with Crippen molar-refractivity contribution in [2.75, 3.05) is 5.73 Å². The van der Waals surface area contributed by atoms with Gasteiger partial charge in [0.1, 0.15) is 5.69 Å². The first kappa shape index (κ1) is 8.23. The van der Waals surface area contributed by atoms with E-state index in [4.69, 9.17) is 5.73 Å². The van der Waals surface area contributed by atoms with Gasteiger partial charge in [-0.1, -0.05) is 0 Å². The second-order valence-corrected chi connectivity index (χ2v) is 3.57. The van der Waals surface area contributed by atoms with Crippen molar-refractivity contribution in [1.82, 2.24) is 4.98 Å². The molecule has 2 rings (SSSR count). The summed E-state index contributed by atoms with van der Waals surface area (Å²) >= 11 is 0. The summed E-state index contributed by atoms with van der Waals surface area (Å²) < 4.78 is 0. The van der Waals surface area contributed by atoms with Crippen molar-refractivity contribution in [2.24, 2.45) is 5.92 Å². The average molecular weight is 176 g/mol. The van der Waals surface area contributed by atoms with Gasteiger partial charge in [-0.25, -0.2) is 0 Å². The van der Waals surface area contributed by atoms with Crippen LogP contribution in [0.3, 0.4) is 0 Å². The number of nitrogens with two attached hydrogens (primary N) is 1. The van der Waals surface area contributed by atoms with Crippen molar-refractivity contribution in [3.8, 4) is 0 Å². The van der Waals surface area contributed by atoms with Crippen LogP contribution in [-0.4, -0.2) is 11.3 Å². The number of nitrogen functional groups attached to an aromatic ring is 1. The molecule has 0 bridgehead atoms. The molecule has 0 aromatic carbocycles. The summed E-state index contributed by atoms with van der Waals surface area (Å²) in [5.74, 6) is 0.782. The fourth-order valence-electron chi connectivity index (χ4n) is 1.40. The fraction of sp³-hybridized carbons (Fsp3) is 0.400. The fourth-order valence-corrected chi connectivity index (χ4v) is 1.40. The van der Waals surface area contributed by atoms with Crippen LogP contribution in [0.1, 0.15) is 28.9 Å². The van der Waals surface area contributed by atoms with Crippen molar-refractivity contribution in [3.63, 3.8) is 0 Å². The van der Waals surface area contributed by atoms with Gasteiger partial charge < -0.3 is 5.73 Å². The molecule has 1 fully saturated rings. The number of aromatic nitrogens is 1. The Morgan fingerprint density at radius 3 is 3.00 bits per heavy atom. The maximum absolute atomic E-state index is 10.5. The maximum atomic E-state index is 10.5. The van der Waals surface area contributed by atoms with Gasteiger partial charge in [0.25, 0.3) is 0 Å². The lowest BCUT2D eigenvalue weighted by Crippen LogP contribution is -1.99. The standard InChI is InChI=1S/C10H12N2O/c11-10-5-12-9(6-13)4-8(10)3-7-1-2-7/h4-7H,1-3,11H2. The third-order valence-electron chi connectivity index (χ3n) is 2.37. The van der Waals surface area contributed by atoms with Gasteiger partial charge in [0.2, 0.25) is 0 Å². The van der Waals surface area contributed by atoms with Crippen molar-refractivity contribution in [3.05, 3.63) is 23.5 Å². The highest BCUT2D eigenvalue weighted by Gasteiger charge is 2.22. The smallest absolute Gasteiger partial charge is 0.168 e. The van der Waals surface area contributed by atoms with Gasteiger partial charge in [-0.2, -0.15) is 0 Å². The number of pyridine rings is 1. The molecule has 3 nitrogen and oxygen atoms in total. The average Bonchev–Trinajstić information content (AvgIpc) is 2.93. The Kier molecular flexibility index (Phi) is 2.00. The van der Waals surface area contributed by atoms with Crippen LogP contribution in [0, 0.1) is 5.92 Å². The Hall–Kier alpha value is -1.38. The van der Waals surface area contributed by atoms with Crippen molar-refractivity contribution in [2.45, 2.75) is 19.3 Å². The van der Waals surface area contributed by atoms with E-state index in [1.165, 1.54) is 12.8 Å². The molecule has 0 amide bonds. The van der Waals surface area contributed by atoms with E-state index >= 15 is 0 Å². The molecule has 1 aliphatic carbocycles. The largest absolute Gasteiger partial charge is 0.397 e. The zero-order valence-electron chi connectivity index (χ0n) is 7.36. The lowest BCUT2D eigenvalue weighted by molar-refractivity contribution is 0.111. The van der Waals surface area contributed by atoms with E-state index in [2.05, 4.69) is 4.98 Å². The molecule has 1 aromatic heterocycles. The van der Waals surface area contributed by atoms with Crippen LogP contribution in [0.25, 0.3) is 0 Å². The Bertz CT molecular complexity index is 332. The predicted octanol–water partition coefficient (Wildman–Crippen LogP) is 1.43. The first-order valence-corrected chi connectivity index (χ1v) is 4.49. The van der Waals surface area contributed by atoms with E-state index in [9.17, 15) is 4.79 Å². The molecule has 0 spiro atoms. The molecule has 68 valence electrons. The van der Waals surface area contributed by atoms with E-state index in [1.807, 2.05) is 0 Å². The van der Waals surface area contributed by atoms with Crippen LogP contribution in [0.4, 0.5) is 5.69 Å². The molecule has 13 heavy (non-hydrogen) atoms. The normalized spacial score (nSPS) is 15.7. The quantitative estimate of drug-likeness (QED) is 0.709. The minimum atomic E-state index is 0.477. The van der Waals surface area contributed by atoms with Crippen molar-refractivity contribution < 1.29 is 4.79 Å². The third-order valence-corrected chi connectivity index (χ3v) is 2.37. The first-order chi connectivity index (χ1) is 6.29. The van der Waals surface area contributed by atoms with Gasteiger partial charge in [0.15, 0.2) is 6.29 Å². The summed E-state index contributed by atoms with van der Waals surface area (Å²) in [6.07, 6.45) is 5.91. The Morgan fingerprint density at radius 1 is 1.62 bits per heavy atom. The molecule has 0 saturated heterocycles. The highest BCUT2D eigenvalue weighted by molar-refractivity contribution is 5.73. The number of anilines is 1. The Morgan fingerprint density at radius 2 is 2.38 bits per heavy atom. The predicted molar refractivity (Wildman–Crippen MR) is 50.5 cm³/mol. The summed E-state index contributed by atoms with van der Waals surface area (Å²) in [5.41, 5.74) is 7.99.